The number of aliphatic hydroxyl groups excluding tert-OH is 6. The molecule has 4 aliphatic heterocycles. The molecule has 4 saturated heterocycles. The quantitative estimate of drug-likeness (QED) is 0.0673. The van der Waals surface area contributed by atoms with Crippen molar-refractivity contribution < 1.29 is 126 Å². The number of aliphatic carboxylic acids is 2. The van der Waals surface area contributed by atoms with Crippen LogP contribution in [0.15, 0.2) is 0 Å². The molecule has 20 atom stereocenters. The summed E-state index contributed by atoms with van der Waals surface area (Å²) >= 11 is 0. The summed E-state index contributed by atoms with van der Waals surface area (Å²) in [4.78, 5) is 23.8. The molecule has 21 nitrogen and oxygen atoms in total. The maximum atomic E-state index is 12.2. The van der Waals surface area contributed by atoms with Gasteiger partial charge in [0.05, 0.1) is 107 Å². The van der Waals surface area contributed by atoms with Crippen molar-refractivity contribution in [1.29, 1.82) is 0 Å². The molecule has 4 fully saturated rings. The molecule has 0 aromatic carbocycles. The largest absolute Gasteiger partial charge is 0.670 e. The van der Waals surface area contributed by atoms with Crippen LogP contribution in [0.4, 0.5) is 0 Å². The second-order valence-electron chi connectivity index (χ2n) is 14.6. The molecule has 22 heteroatoms. The minimum Gasteiger partial charge on any atom is -0.670 e. The summed E-state index contributed by atoms with van der Waals surface area (Å²) in [5, 5.41) is 91.0. The number of methoxy groups -OCH3 is 2. The molecule has 0 bridgehead atoms. The summed E-state index contributed by atoms with van der Waals surface area (Å²) in [7, 11) is 4.14. The van der Waals surface area contributed by atoms with Crippen molar-refractivity contribution in [3.05, 3.63) is 5.73 Å². The molecule has 8 N–H and O–H groups in total. The van der Waals surface area contributed by atoms with Crippen molar-refractivity contribution in [3.63, 3.8) is 0 Å². The van der Waals surface area contributed by atoms with E-state index in [4.69, 9.17) is 48.4 Å². The normalized spacial score (nSPS) is 44.5. The molecular weight excluding hydrogens is 829 g/mol. The van der Waals surface area contributed by atoms with Crippen LogP contribution in [-0.4, -0.2) is 214 Å². The van der Waals surface area contributed by atoms with E-state index in [1.165, 1.54) is 14.2 Å². The Kier molecular flexibility index (Phi) is 20.3. The molecule has 8 unspecified atom stereocenters. The fraction of sp³-hybridized carbons (Fsp3) is 0.941. The van der Waals surface area contributed by atoms with Gasteiger partial charge in [0, 0.05) is 70.8 Å². The first kappa shape index (κ1) is 49.7. The van der Waals surface area contributed by atoms with Crippen molar-refractivity contribution in [3.8, 4) is 0 Å². The van der Waals surface area contributed by atoms with E-state index in [-0.39, 0.29) is 65.7 Å². The summed E-state index contributed by atoms with van der Waals surface area (Å²) in [5.74, 6) is -5.47. The molecule has 0 aromatic rings. The minimum atomic E-state index is -1.74. The van der Waals surface area contributed by atoms with Crippen molar-refractivity contribution in [2.45, 2.75) is 117 Å². The van der Waals surface area contributed by atoms with Crippen LogP contribution >= 0.6 is 0 Å². The molecule has 4 rings (SSSR count). The number of hydrogen-bond donors (Lipinski definition) is 7. The van der Waals surface area contributed by atoms with Crippen LogP contribution in [0.2, 0.25) is 0 Å². The van der Waals surface area contributed by atoms with Gasteiger partial charge in [-0.2, -0.15) is 0 Å². The van der Waals surface area contributed by atoms with Crippen LogP contribution in [0.1, 0.15) is 13.8 Å². The van der Waals surface area contributed by atoms with Gasteiger partial charge in [0.1, 0.15) is 42.7 Å². The van der Waals surface area contributed by atoms with Crippen LogP contribution in [0, 0.1) is 17.8 Å². The van der Waals surface area contributed by atoms with E-state index in [0.29, 0.717) is 0 Å². The Balaban J connectivity index is 0.00000841. The summed E-state index contributed by atoms with van der Waals surface area (Å²) in [6.45, 7) is 1.69. The number of carbonyl (C=O) groups excluding carboxylic acids is 2. The number of carbonyl (C=O) groups is 2. The zero-order valence-electron chi connectivity index (χ0n) is 32.1. The average molecular weight is 887 g/mol. The van der Waals surface area contributed by atoms with Gasteiger partial charge in [-0.1, -0.05) is 13.0 Å². The summed E-state index contributed by atoms with van der Waals surface area (Å²) in [6, 6.07) is -1.83. The predicted molar refractivity (Wildman–Crippen MR) is 179 cm³/mol. The first-order valence-electron chi connectivity index (χ1n) is 18.3. The first-order chi connectivity index (χ1) is 26.1. The maximum Gasteiger partial charge on any atom is 0.126 e. The maximum absolute atomic E-state index is 12.2. The number of aliphatic hydroxyl groups is 6. The number of nitrogens with one attached hydrogen (secondary N) is 2. The zero-order chi connectivity index (χ0) is 40.7. The van der Waals surface area contributed by atoms with Gasteiger partial charge in [-0.25, -0.2) is 0 Å². The number of ether oxygens (including phenoxy) is 9. The Morgan fingerprint density at radius 1 is 0.679 bits per heavy atom. The van der Waals surface area contributed by atoms with E-state index in [0.717, 1.165) is 7.11 Å². The van der Waals surface area contributed by atoms with Crippen molar-refractivity contribution in [1.82, 2.24) is 5.32 Å². The van der Waals surface area contributed by atoms with E-state index >= 15 is 0 Å². The van der Waals surface area contributed by atoms with Crippen LogP contribution in [0.5, 0.6) is 0 Å². The van der Waals surface area contributed by atoms with Gasteiger partial charge >= 0.3 is 0 Å². The molecule has 0 spiro atoms. The van der Waals surface area contributed by atoms with E-state index in [1.54, 1.807) is 13.8 Å². The Morgan fingerprint density at radius 2 is 1.27 bits per heavy atom. The number of carboxylic acid groups (broad SMARTS) is 2. The van der Waals surface area contributed by atoms with Gasteiger partial charge in [-0.05, 0) is 14.0 Å². The molecule has 4 aliphatic rings. The van der Waals surface area contributed by atoms with Gasteiger partial charge in [0.25, 0.3) is 0 Å². The topological polar surface area (TPSA) is 321 Å². The standard InChI is InChI=1S/C34H59N2O19.Y/c1-13-18(10-49-7-15-14(2)52-19(9-47-4)22(35)25(15)39)54-32(34(45)46)30(24(13)38)51-12-20-23(36-3)26(40)16(17(6-37)53-20)8-50-11-21-27(41)28(42)29(48-5)31(55-21)33(43)44;/h13-32,35-42H,6-12H2,1-5H3,(H,43,44)(H,45,46);/q-1;/p-2/t13?,14?,15-,16-,17?,18-,19-,20-,21-,22?,23?,24+,25-,26-,27?,28+,29+,30+,31?,32?;/m0./s1. The Bertz CT molecular complexity index is 1210. The zero-order valence-corrected chi connectivity index (χ0v) is 34.9. The van der Waals surface area contributed by atoms with Gasteiger partial charge in [0.2, 0.25) is 0 Å². The van der Waals surface area contributed by atoms with Crippen molar-refractivity contribution in [2.75, 3.05) is 67.5 Å². The van der Waals surface area contributed by atoms with Gasteiger partial charge in [-0.15, -0.1) is 0 Å². The third kappa shape index (κ3) is 11.4. The molecule has 0 aromatic heterocycles. The number of likely N-dealkylation sites (N-methyl/N-ethyl adjacent to an activating group) is 1. The third-order valence-electron chi connectivity index (χ3n) is 11.2. The van der Waals surface area contributed by atoms with E-state index in [2.05, 4.69) is 5.32 Å². The predicted octanol–water partition coefficient (Wildman–Crippen LogP) is -6.67. The monoisotopic (exact) mass is 886 g/mol. The number of carboxylic acids is 2. The van der Waals surface area contributed by atoms with E-state index in [1.807, 2.05) is 0 Å². The second-order valence-corrected chi connectivity index (χ2v) is 14.6. The van der Waals surface area contributed by atoms with Crippen molar-refractivity contribution in [2.24, 2.45) is 17.8 Å². The fourth-order valence-corrected chi connectivity index (χ4v) is 7.80. The van der Waals surface area contributed by atoms with Crippen molar-refractivity contribution >= 4 is 11.9 Å². The van der Waals surface area contributed by atoms with Crippen LogP contribution in [0.25, 0.3) is 5.73 Å². The molecule has 323 valence electrons. The summed E-state index contributed by atoms with van der Waals surface area (Å²) < 4.78 is 50.4. The molecule has 56 heavy (non-hydrogen) atoms. The van der Waals surface area contributed by atoms with E-state index < -0.39 is 147 Å². The van der Waals surface area contributed by atoms with E-state index in [9.17, 15) is 50.4 Å². The molecule has 4 heterocycles. The number of rotatable bonds is 18. The Morgan fingerprint density at radius 3 is 1.84 bits per heavy atom. The average Bonchev–Trinajstić information content (AvgIpc) is 3.15. The van der Waals surface area contributed by atoms with Crippen LogP contribution in [0.3, 0.4) is 0 Å². The van der Waals surface area contributed by atoms with Crippen LogP contribution < -0.4 is 15.5 Å². The fourth-order valence-electron chi connectivity index (χ4n) is 7.80. The Hall–Kier alpha value is -0.636. The van der Waals surface area contributed by atoms with Gasteiger partial charge in [-0.3, -0.25) is 0 Å². The molecular formula is C34H57N2O19Y-3. The van der Waals surface area contributed by atoms with Gasteiger partial charge in [0.15, 0.2) is 0 Å². The second kappa shape index (κ2) is 22.8. The smallest absolute Gasteiger partial charge is 0.126 e. The molecule has 0 amide bonds. The molecule has 0 saturated carbocycles. The molecule has 0 aliphatic carbocycles. The SMILES string of the molecule is CNC1[C@H](CO[C@H]2C(C(=O)[O-])O[C@@H](COC[C@H]3C(C)O[C@@H](COC)C([NH-])[C@H]3O)C(C)[C@H]2O)OC(CO)[C@H](COC[C@@H]2OC(C(=O)[O-])[C@H](OC)[C@H](O)C2O)[C@@H]1O.[Y]. The molecule has 1 radical (unpaired) electrons. The minimum absolute atomic E-state index is 0. The summed E-state index contributed by atoms with van der Waals surface area (Å²) in [6.07, 6.45) is -18.5. The Labute approximate surface area is 350 Å². The van der Waals surface area contributed by atoms with Crippen LogP contribution in [-0.2, 0) is 84.9 Å². The van der Waals surface area contributed by atoms with Gasteiger partial charge < -0.3 is 104 Å². The summed E-state index contributed by atoms with van der Waals surface area (Å²) in [5.41, 5.74) is 8.29. The third-order valence-corrected chi connectivity index (χ3v) is 11.2. The first-order valence-corrected chi connectivity index (χ1v) is 18.3. The number of hydrogen-bond acceptors (Lipinski definition) is 20.